The number of sulfonamides is 1. The highest BCUT2D eigenvalue weighted by atomic mass is 32.2. The minimum atomic E-state index is -3.92. The van der Waals surface area contributed by atoms with Gasteiger partial charge in [0.15, 0.2) is 0 Å². The van der Waals surface area contributed by atoms with Gasteiger partial charge in [0, 0.05) is 6.04 Å². The van der Waals surface area contributed by atoms with Gasteiger partial charge in [-0.25, -0.2) is 12.8 Å². The molecule has 1 aliphatic carbocycles. The van der Waals surface area contributed by atoms with Gasteiger partial charge in [-0.3, -0.25) is 0 Å². The zero-order chi connectivity index (χ0) is 14.8. The van der Waals surface area contributed by atoms with Crippen LogP contribution in [0.1, 0.15) is 25.7 Å². The topological polar surface area (TPSA) is 63.4 Å². The zero-order valence-electron chi connectivity index (χ0n) is 11.0. The lowest BCUT2D eigenvalue weighted by molar-refractivity contribution is 0.353. The van der Waals surface area contributed by atoms with Gasteiger partial charge >= 0.3 is 0 Å². The third-order valence-electron chi connectivity index (χ3n) is 3.47. The monoisotopic (exact) mass is 316 g/mol. The average molecular weight is 316 g/mol. The van der Waals surface area contributed by atoms with Gasteiger partial charge < -0.3 is 5.73 Å². The lowest BCUT2D eigenvalue weighted by Gasteiger charge is -2.27. The van der Waals surface area contributed by atoms with E-state index in [2.05, 4.69) is 0 Å². The van der Waals surface area contributed by atoms with Crippen molar-refractivity contribution in [3.8, 4) is 0 Å². The number of nitrogens with two attached hydrogens (primary N) is 1. The summed E-state index contributed by atoms with van der Waals surface area (Å²) in [7, 11) is -3.92. The molecule has 0 saturated heterocycles. The Bertz CT molecular complexity index is 598. The molecule has 0 spiro atoms. The second-order valence-electron chi connectivity index (χ2n) is 4.89. The summed E-state index contributed by atoms with van der Waals surface area (Å²) in [5.41, 5.74) is 5.51. The first kappa shape index (κ1) is 15.3. The van der Waals surface area contributed by atoms with E-state index in [0.29, 0.717) is 0 Å². The normalized spacial score (nSPS) is 16.7. The smallest absolute Gasteiger partial charge is 0.246 e. The SMILES string of the molecule is NC(=S)CN(C1CCCC1)S(=O)(=O)c1ccccc1F. The lowest BCUT2D eigenvalue weighted by atomic mass is 10.2. The van der Waals surface area contributed by atoms with E-state index in [1.54, 1.807) is 0 Å². The predicted octanol–water partition coefficient (Wildman–Crippen LogP) is 2.05. The summed E-state index contributed by atoms with van der Waals surface area (Å²) >= 11 is 4.84. The molecule has 1 aliphatic rings. The second-order valence-corrected chi connectivity index (χ2v) is 7.27. The maximum atomic E-state index is 13.8. The van der Waals surface area contributed by atoms with Crippen molar-refractivity contribution < 1.29 is 12.8 Å². The fourth-order valence-electron chi connectivity index (χ4n) is 2.54. The highest BCUT2D eigenvalue weighted by molar-refractivity contribution is 7.89. The summed E-state index contributed by atoms with van der Waals surface area (Å²) in [6.45, 7) is -0.0450. The molecule has 1 fully saturated rings. The van der Waals surface area contributed by atoms with Crippen molar-refractivity contribution in [3.05, 3.63) is 30.1 Å². The minimum absolute atomic E-state index is 0.0450. The Morgan fingerprint density at radius 3 is 2.50 bits per heavy atom. The molecule has 1 aromatic carbocycles. The fourth-order valence-corrected chi connectivity index (χ4v) is 4.49. The Morgan fingerprint density at radius 1 is 1.35 bits per heavy atom. The Morgan fingerprint density at radius 2 is 1.95 bits per heavy atom. The summed E-state index contributed by atoms with van der Waals surface area (Å²) in [5.74, 6) is -0.751. The molecule has 0 amide bonds. The number of nitrogens with zero attached hydrogens (tertiary/aromatic N) is 1. The van der Waals surface area contributed by atoms with Crippen molar-refractivity contribution in [2.45, 2.75) is 36.6 Å². The van der Waals surface area contributed by atoms with E-state index in [0.717, 1.165) is 31.7 Å². The molecule has 110 valence electrons. The van der Waals surface area contributed by atoms with Gasteiger partial charge in [-0.1, -0.05) is 37.2 Å². The van der Waals surface area contributed by atoms with Crippen LogP contribution in [0.2, 0.25) is 0 Å². The number of halogens is 1. The van der Waals surface area contributed by atoms with Gasteiger partial charge in [0.1, 0.15) is 10.7 Å². The summed E-state index contributed by atoms with van der Waals surface area (Å²) in [4.78, 5) is -0.222. The largest absolute Gasteiger partial charge is 0.392 e. The Kier molecular flexibility index (Phi) is 4.72. The first-order valence-corrected chi connectivity index (χ1v) is 8.32. The first-order valence-electron chi connectivity index (χ1n) is 6.47. The van der Waals surface area contributed by atoms with Crippen LogP contribution in [-0.2, 0) is 10.0 Å². The number of thiocarbonyl (C=S) groups is 1. The zero-order valence-corrected chi connectivity index (χ0v) is 12.6. The highest BCUT2D eigenvalue weighted by Gasteiger charge is 2.34. The third-order valence-corrected chi connectivity index (χ3v) is 5.53. The van der Waals surface area contributed by atoms with Gasteiger partial charge in [-0.15, -0.1) is 0 Å². The molecule has 1 aromatic rings. The van der Waals surface area contributed by atoms with Gasteiger partial charge in [-0.2, -0.15) is 4.31 Å². The van der Waals surface area contributed by atoms with E-state index < -0.39 is 15.8 Å². The van der Waals surface area contributed by atoms with Crippen molar-refractivity contribution in [2.24, 2.45) is 5.73 Å². The highest BCUT2D eigenvalue weighted by Crippen LogP contribution is 2.29. The van der Waals surface area contributed by atoms with E-state index in [9.17, 15) is 12.8 Å². The third kappa shape index (κ3) is 3.16. The van der Waals surface area contributed by atoms with Crippen LogP contribution < -0.4 is 5.73 Å². The van der Waals surface area contributed by atoms with Crippen LogP contribution >= 0.6 is 12.2 Å². The fraction of sp³-hybridized carbons (Fsp3) is 0.462. The van der Waals surface area contributed by atoms with E-state index in [1.807, 2.05) is 0 Å². The summed E-state index contributed by atoms with van der Waals surface area (Å²) < 4.78 is 40.3. The van der Waals surface area contributed by atoms with Crippen LogP contribution in [0, 0.1) is 5.82 Å². The molecule has 0 heterocycles. The van der Waals surface area contributed by atoms with Gasteiger partial charge in [0.2, 0.25) is 10.0 Å². The molecule has 20 heavy (non-hydrogen) atoms. The van der Waals surface area contributed by atoms with Crippen molar-refractivity contribution in [3.63, 3.8) is 0 Å². The van der Waals surface area contributed by atoms with Crippen molar-refractivity contribution in [1.82, 2.24) is 4.31 Å². The van der Waals surface area contributed by atoms with Crippen LogP contribution in [0.5, 0.6) is 0 Å². The molecule has 0 unspecified atom stereocenters. The van der Waals surface area contributed by atoms with Crippen molar-refractivity contribution in [2.75, 3.05) is 6.54 Å². The molecule has 0 radical (unpaired) electrons. The van der Waals surface area contributed by atoms with Crippen LogP contribution in [0.25, 0.3) is 0 Å². The Hall–Kier alpha value is -1.05. The number of benzene rings is 1. The number of hydrogen-bond donors (Lipinski definition) is 1. The van der Waals surface area contributed by atoms with Crippen LogP contribution in [0.4, 0.5) is 4.39 Å². The standard InChI is InChI=1S/C13H17FN2O2S2/c14-11-7-3-4-8-12(11)20(17,18)16(9-13(15)19)10-5-1-2-6-10/h3-4,7-8,10H,1-2,5-6,9H2,(H2,15,19). The summed E-state index contributed by atoms with van der Waals surface area (Å²) in [6.07, 6.45) is 3.45. The second kappa shape index (κ2) is 6.15. The van der Waals surface area contributed by atoms with E-state index in [4.69, 9.17) is 18.0 Å². The van der Waals surface area contributed by atoms with Gasteiger partial charge in [0.05, 0.1) is 11.5 Å². The Labute approximate surface area is 123 Å². The molecule has 0 bridgehead atoms. The van der Waals surface area contributed by atoms with Crippen LogP contribution in [-0.4, -0.2) is 30.3 Å². The van der Waals surface area contributed by atoms with E-state index in [-0.39, 0.29) is 22.5 Å². The first-order chi connectivity index (χ1) is 9.43. The Balaban J connectivity index is 2.41. The molecule has 0 aromatic heterocycles. The maximum absolute atomic E-state index is 13.8. The van der Waals surface area contributed by atoms with Gasteiger partial charge in [0.25, 0.3) is 0 Å². The molecular formula is C13H17FN2O2S2. The lowest BCUT2D eigenvalue weighted by Crippen LogP contribution is -2.43. The van der Waals surface area contributed by atoms with Gasteiger partial charge in [-0.05, 0) is 25.0 Å². The molecule has 1 saturated carbocycles. The number of hydrogen-bond acceptors (Lipinski definition) is 3. The molecule has 2 rings (SSSR count). The summed E-state index contributed by atoms with van der Waals surface area (Å²) in [6, 6.07) is 5.22. The molecule has 4 nitrogen and oxygen atoms in total. The molecular weight excluding hydrogens is 299 g/mol. The maximum Gasteiger partial charge on any atom is 0.246 e. The van der Waals surface area contributed by atoms with Crippen LogP contribution in [0.3, 0.4) is 0 Å². The number of rotatable bonds is 5. The van der Waals surface area contributed by atoms with E-state index >= 15 is 0 Å². The summed E-state index contributed by atoms with van der Waals surface area (Å²) in [5, 5.41) is 0. The van der Waals surface area contributed by atoms with Crippen LogP contribution in [0.15, 0.2) is 29.2 Å². The van der Waals surface area contributed by atoms with Crippen molar-refractivity contribution in [1.29, 1.82) is 0 Å². The molecule has 0 aliphatic heterocycles. The van der Waals surface area contributed by atoms with Crippen molar-refractivity contribution >= 4 is 27.2 Å². The molecule has 2 N–H and O–H groups in total. The van der Waals surface area contributed by atoms with E-state index in [1.165, 1.54) is 22.5 Å². The molecule has 7 heteroatoms. The minimum Gasteiger partial charge on any atom is -0.392 e. The predicted molar refractivity (Wildman–Crippen MR) is 79.3 cm³/mol. The molecule has 0 atom stereocenters. The quantitative estimate of drug-likeness (QED) is 0.845. The average Bonchev–Trinajstić information content (AvgIpc) is 2.89.